The first-order valence-electron chi connectivity index (χ1n) is 6.82. The second kappa shape index (κ2) is 6.96. The summed E-state index contributed by atoms with van der Waals surface area (Å²) in [5.41, 5.74) is 7.89. The van der Waals surface area contributed by atoms with Gasteiger partial charge in [0.1, 0.15) is 17.6 Å². The van der Waals surface area contributed by atoms with Crippen LogP contribution in [0.3, 0.4) is 0 Å². The summed E-state index contributed by atoms with van der Waals surface area (Å²) in [6, 6.07) is 16.0. The van der Waals surface area contributed by atoms with Gasteiger partial charge in [0.2, 0.25) is 0 Å². The summed E-state index contributed by atoms with van der Waals surface area (Å²) >= 11 is 0. The summed E-state index contributed by atoms with van der Waals surface area (Å²) in [5, 5.41) is 0. The molecule has 1 unspecified atom stereocenters. The Bertz CT molecular complexity index is 520. The van der Waals surface area contributed by atoms with E-state index in [4.69, 9.17) is 15.2 Å². The SMILES string of the molecule is COc1ccc(C(C)Oc2ccc(CCN)cc2)cc1. The van der Waals surface area contributed by atoms with E-state index < -0.39 is 0 Å². The molecule has 0 amide bonds. The molecule has 2 N–H and O–H groups in total. The third-order valence-corrected chi connectivity index (χ3v) is 3.25. The van der Waals surface area contributed by atoms with Crippen LogP contribution in [0.2, 0.25) is 0 Å². The summed E-state index contributed by atoms with van der Waals surface area (Å²) in [7, 11) is 1.66. The Morgan fingerprint density at radius 2 is 1.55 bits per heavy atom. The van der Waals surface area contributed by atoms with Crippen LogP contribution in [0.1, 0.15) is 24.2 Å². The topological polar surface area (TPSA) is 44.5 Å². The first kappa shape index (κ1) is 14.4. The molecule has 0 saturated heterocycles. The average molecular weight is 271 g/mol. The summed E-state index contributed by atoms with van der Waals surface area (Å²) in [6.45, 7) is 2.71. The number of methoxy groups -OCH3 is 1. The van der Waals surface area contributed by atoms with Crippen LogP contribution in [0.25, 0.3) is 0 Å². The summed E-state index contributed by atoms with van der Waals surface area (Å²) in [4.78, 5) is 0. The van der Waals surface area contributed by atoms with Gasteiger partial charge in [-0.25, -0.2) is 0 Å². The van der Waals surface area contributed by atoms with Crippen molar-refractivity contribution in [2.75, 3.05) is 13.7 Å². The lowest BCUT2D eigenvalue weighted by Crippen LogP contribution is -2.04. The molecule has 3 heteroatoms. The molecule has 0 aliphatic heterocycles. The standard InChI is InChI=1S/C17H21NO2/c1-13(15-5-9-16(19-2)10-6-15)20-17-7-3-14(4-8-17)11-12-18/h3-10,13H,11-12,18H2,1-2H3. The minimum Gasteiger partial charge on any atom is -0.497 e. The molecular formula is C17H21NO2. The van der Waals surface area contributed by atoms with Crippen molar-refractivity contribution in [3.63, 3.8) is 0 Å². The van der Waals surface area contributed by atoms with Crippen LogP contribution in [0.5, 0.6) is 11.5 Å². The lowest BCUT2D eigenvalue weighted by molar-refractivity contribution is 0.227. The van der Waals surface area contributed by atoms with Crippen molar-refractivity contribution in [1.82, 2.24) is 0 Å². The summed E-state index contributed by atoms with van der Waals surface area (Å²) in [6.07, 6.45) is 0.898. The highest BCUT2D eigenvalue weighted by molar-refractivity contribution is 5.31. The lowest BCUT2D eigenvalue weighted by Gasteiger charge is -2.15. The Hall–Kier alpha value is -2.00. The van der Waals surface area contributed by atoms with Crippen molar-refractivity contribution in [2.45, 2.75) is 19.4 Å². The molecule has 1 atom stereocenters. The largest absolute Gasteiger partial charge is 0.497 e. The van der Waals surface area contributed by atoms with Gasteiger partial charge in [-0.1, -0.05) is 24.3 Å². The van der Waals surface area contributed by atoms with Crippen LogP contribution in [0.4, 0.5) is 0 Å². The van der Waals surface area contributed by atoms with Gasteiger partial charge in [0.05, 0.1) is 7.11 Å². The van der Waals surface area contributed by atoms with Crippen LogP contribution >= 0.6 is 0 Å². The van der Waals surface area contributed by atoms with E-state index in [-0.39, 0.29) is 6.10 Å². The van der Waals surface area contributed by atoms with E-state index >= 15 is 0 Å². The highest BCUT2D eigenvalue weighted by Gasteiger charge is 2.07. The number of benzene rings is 2. The monoisotopic (exact) mass is 271 g/mol. The highest BCUT2D eigenvalue weighted by Crippen LogP contribution is 2.23. The molecule has 0 bridgehead atoms. The summed E-state index contributed by atoms with van der Waals surface area (Å²) in [5.74, 6) is 1.72. The lowest BCUT2D eigenvalue weighted by atomic mass is 10.1. The van der Waals surface area contributed by atoms with E-state index in [1.54, 1.807) is 7.11 Å². The van der Waals surface area contributed by atoms with Gasteiger partial charge in [0, 0.05) is 0 Å². The minimum atomic E-state index is 0.00117. The molecule has 0 aliphatic rings. The van der Waals surface area contributed by atoms with Gasteiger partial charge in [-0.05, 0) is 55.3 Å². The first-order valence-corrected chi connectivity index (χ1v) is 6.82. The van der Waals surface area contributed by atoms with Gasteiger partial charge in [0.15, 0.2) is 0 Å². The van der Waals surface area contributed by atoms with Crippen LogP contribution in [-0.2, 0) is 6.42 Å². The van der Waals surface area contributed by atoms with Crippen molar-refractivity contribution in [3.05, 3.63) is 59.7 Å². The van der Waals surface area contributed by atoms with E-state index in [9.17, 15) is 0 Å². The molecule has 2 rings (SSSR count). The fourth-order valence-corrected chi connectivity index (χ4v) is 2.05. The number of hydrogen-bond donors (Lipinski definition) is 1. The van der Waals surface area contributed by atoms with Crippen molar-refractivity contribution < 1.29 is 9.47 Å². The zero-order valence-electron chi connectivity index (χ0n) is 12.0. The van der Waals surface area contributed by atoms with Crippen molar-refractivity contribution >= 4 is 0 Å². The molecule has 2 aromatic rings. The van der Waals surface area contributed by atoms with Crippen LogP contribution < -0.4 is 15.2 Å². The maximum Gasteiger partial charge on any atom is 0.121 e. The molecule has 0 saturated carbocycles. The van der Waals surface area contributed by atoms with E-state index in [2.05, 4.69) is 12.1 Å². The van der Waals surface area contributed by atoms with E-state index in [0.29, 0.717) is 6.54 Å². The number of ether oxygens (including phenoxy) is 2. The maximum absolute atomic E-state index is 5.93. The molecule has 0 heterocycles. The Morgan fingerprint density at radius 1 is 0.950 bits per heavy atom. The van der Waals surface area contributed by atoms with E-state index in [0.717, 1.165) is 23.5 Å². The Labute approximate surface area is 120 Å². The van der Waals surface area contributed by atoms with Crippen LogP contribution in [0, 0.1) is 0 Å². The predicted octanol–water partition coefficient (Wildman–Crippen LogP) is 3.34. The zero-order chi connectivity index (χ0) is 14.4. The molecule has 3 nitrogen and oxygen atoms in total. The fourth-order valence-electron chi connectivity index (χ4n) is 2.05. The Kier molecular flexibility index (Phi) is 5.02. The van der Waals surface area contributed by atoms with Crippen molar-refractivity contribution in [2.24, 2.45) is 5.73 Å². The minimum absolute atomic E-state index is 0.00117. The van der Waals surface area contributed by atoms with Gasteiger partial charge in [-0.15, -0.1) is 0 Å². The smallest absolute Gasteiger partial charge is 0.121 e. The first-order chi connectivity index (χ1) is 9.72. The predicted molar refractivity (Wildman–Crippen MR) is 81.2 cm³/mol. The molecule has 0 aliphatic carbocycles. The summed E-state index contributed by atoms with van der Waals surface area (Å²) < 4.78 is 11.1. The molecule has 0 aromatic heterocycles. The Morgan fingerprint density at radius 3 is 2.10 bits per heavy atom. The Balaban J connectivity index is 2.00. The molecule has 20 heavy (non-hydrogen) atoms. The van der Waals surface area contributed by atoms with E-state index in [1.807, 2.05) is 43.3 Å². The van der Waals surface area contributed by atoms with Crippen molar-refractivity contribution in [1.29, 1.82) is 0 Å². The number of nitrogens with two attached hydrogens (primary N) is 1. The normalized spacial score (nSPS) is 11.9. The zero-order valence-corrected chi connectivity index (χ0v) is 12.0. The van der Waals surface area contributed by atoms with Gasteiger partial charge in [0.25, 0.3) is 0 Å². The maximum atomic E-state index is 5.93. The van der Waals surface area contributed by atoms with Crippen LogP contribution in [-0.4, -0.2) is 13.7 Å². The van der Waals surface area contributed by atoms with Crippen molar-refractivity contribution in [3.8, 4) is 11.5 Å². The van der Waals surface area contributed by atoms with Gasteiger partial charge in [-0.3, -0.25) is 0 Å². The van der Waals surface area contributed by atoms with Gasteiger partial charge in [-0.2, -0.15) is 0 Å². The quantitative estimate of drug-likeness (QED) is 0.876. The number of rotatable bonds is 6. The molecule has 0 fully saturated rings. The fraction of sp³-hybridized carbons (Fsp3) is 0.294. The second-order valence-corrected chi connectivity index (χ2v) is 4.72. The molecule has 0 spiro atoms. The highest BCUT2D eigenvalue weighted by atomic mass is 16.5. The van der Waals surface area contributed by atoms with Gasteiger partial charge >= 0.3 is 0 Å². The molecule has 2 aromatic carbocycles. The molecular weight excluding hydrogens is 250 g/mol. The molecule has 0 radical (unpaired) electrons. The number of hydrogen-bond acceptors (Lipinski definition) is 3. The molecule has 106 valence electrons. The second-order valence-electron chi connectivity index (χ2n) is 4.72. The van der Waals surface area contributed by atoms with E-state index in [1.165, 1.54) is 5.56 Å². The van der Waals surface area contributed by atoms with Gasteiger partial charge < -0.3 is 15.2 Å². The average Bonchev–Trinajstić information content (AvgIpc) is 2.49. The third-order valence-electron chi connectivity index (χ3n) is 3.25. The van der Waals surface area contributed by atoms with Crippen LogP contribution in [0.15, 0.2) is 48.5 Å². The third kappa shape index (κ3) is 3.75.